The number of aromatic nitrogens is 2. The summed E-state index contributed by atoms with van der Waals surface area (Å²) >= 11 is 0. The zero-order valence-corrected chi connectivity index (χ0v) is 23.8. The first kappa shape index (κ1) is 28.0. The second kappa shape index (κ2) is 12.3. The van der Waals surface area contributed by atoms with Crippen molar-refractivity contribution in [1.82, 2.24) is 14.6 Å². The van der Waals surface area contributed by atoms with E-state index in [-0.39, 0.29) is 24.0 Å². The van der Waals surface area contributed by atoms with E-state index >= 15 is 0 Å². The summed E-state index contributed by atoms with van der Waals surface area (Å²) in [5.41, 5.74) is 3.63. The molecule has 0 radical (unpaired) electrons. The molecule has 1 fully saturated rings. The minimum atomic E-state index is -0.288. The Morgan fingerprint density at radius 3 is 2.56 bits per heavy atom. The van der Waals surface area contributed by atoms with E-state index in [9.17, 15) is 9.59 Å². The van der Waals surface area contributed by atoms with Crippen molar-refractivity contribution in [2.75, 3.05) is 40.0 Å². The predicted molar refractivity (Wildman–Crippen MR) is 159 cm³/mol. The second-order valence-electron chi connectivity index (χ2n) is 10.2. The fourth-order valence-electron chi connectivity index (χ4n) is 4.85. The number of nitrogens with zero attached hydrogens (tertiary/aromatic N) is 4. The van der Waals surface area contributed by atoms with Crippen molar-refractivity contribution in [2.24, 2.45) is 5.10 Å². The molecular weight excluding hydrogens is 520 g/mol. The third kappa shape index (κ3) is 6.00. The quantitative estimate of drug-likeness (QED) is 0.295. The van der Waals surface area contributed by atoms with Gasteiger partial charge in [0.05, 0.1) is 37.4 Å². The molecule has 1 saturated heterocycles. The van der Waals surface area contributed by atoms with Crippen LogP contribution in [0, 0.1) is 6.92 Å². The number of carbonyl (C=O) groups excluding carboxylic acids is 1. The lowest BCUT2D eigenvalue weighted by atomic mass is 9.96. The summed E-state index contributed by atoms with van der Waals surface area (Å²) in [4.78, 5) is 33.0. The molecule has 0 bridgehead atoms. The van der Waals surface area contributed by atoms with E-state index in [1.165, 1.54) is 4.68 Å². The second-order valence-corrected chi connectivity index (χ2v) is 10.2. The lowest BCUT2D eigenvalue weighted by Gasteiger charge is -2.26. The summed E-state index contributed by atoms with van der Waals surface area (Å²) in [7, 11) is 1.66. The average molecular weight is 555 g/mol. The van der Waals surface area contributed by atoms with Gasteiger partial charge in [-0.1, -0.05) is 38.1 Å². The molecule has 9 heteroatoms. The molecule has 1 aliphatic rings. The number of amides is 1. The highest BCUT2D eigenvalue weighted by atomic mass is 16.5. The minimum Gasteiger partial charge on any atom is -0.496 e. The van der Waals surface area contributed by atoms with Crippen LogP contribution < -0.4 is 15.0 Å². The fourth-order valence-corrected chi connectivity index (χ4v) is 4.85. The van der Waals surface area contributed by atoms with Gasteiger partial charge >= 0.3 is 0 Å². The van der Waals surface area contributed by atoms with Gasteiger partial charge in [0, 0.05) is 24.2 Å². The van der Waals surface area contributed by atoms with E-state index in [0.29, 0.717) is 54.3 Å². The molecule has 212 valence electrons. The number of para-hydroxylation sites is 2. The Morgan fingerprint density at radius 2 is 1.80 bits per heavy atom. The molecule has 3 aromatic carbocycles. The van der Waals surface area contributed by atoms with Crippen LogP contribution in [0.15, 0.2) is 70.6 Å². The molecule has 0 spiro atoms. The minimum absolute atomic E-state index is 0.101. The Bertz CT molecular complexity index is 1650. The molecule has 0 N–H and O–H groups in total. The van der Waals surface area contributed by atoms with Crippen molar-refractivity contribution >= 4 is 23.0 Å². The van der Waals surface area contributed by atoms with Gasteiger partial charge in [-0.25, -0.2) is 4.98 Å². The molecule has 1 aliphatic heterocycles. The van der Waals surface area contributed by atoms with Gasteiger partial charge in [0.25, 0.3) is 11.5 Å². The number of benzene rings is 3. The standard InChI is InChI=1S/C32H34N4O5/c1-21(2)25-18-26(22(3)17-29(25)39-4)31-34-27-11-7-6-10-24(27)32(38)36(31)33-19-23-9-5-8-12-28(23)41-20-30(37)35-13-15-40-16-14-35/h5-12,17-19,21H,13-16,20H2,1-4H3. The van der Waals surface area contributed by atoms with Crippen LogP contribution in [0.3, 0.4) is 0 Å². The van der Waals surface area contributed by atoms with Crippen LogP contribution >= 0.6 is 0 Å². The zero-order valence-electron chi connectivity index (χ0n) is 23.8. The molecule has 0 unspecified atom stereocenters. The number of carbonyl (C=O) groups is 1. The molecule has 9 nitrogen and oxygen atoms in total. The van der Waals surface area contributed by atoms with Gasteiger partial charge in [0.1, 0.15) is 11.5 Å². The highest BCUT2D eigenvalue weighted by molar-refractivity contribution is 5.85. The smallest absolute Gasteiger partial charge is 0.282 e. The number of ether oxygens (including phenoxy) is 3. The number of rotatable bonds is 8. The summed E-state index contributed by atoms with van der Waals surface area (Å²) in [6.45, 7) is 8.21. The first-order valence-electron chi connectivity index (χ1n) is 13.7. The van der Waals surface area contributed by atoms with Gasteiger partial charge in [-0.15, -0.1) is 0 Å². The normalized spacial score (nSPS) is 13.7. The number of methoxy groups -OCH3 is 1. The SMILES string of the molecule is COc1cc(C)c(-c2nc3ccccc3c(=O)n2N=Cc2ccccc2OCC(=O)N2CCOCC2)cc1C(C)C. The Kier molecular flexibility index (Phi) is 8.45. The van der Waals surface area contributed by atoms with E-state index in [2.05, 4.69) is 18.9 Å². The first-order chi connectivity index (χ1) is 19.9. The van der Waals surface area contributed by atoms with Gasteiger partial charge in [-0.3, -0.25) is 9.59 Å². The zero-order chi connectivity index (χ0) is 28.9. The summed E-state index contributed by atoms with van der Waals surface area (Å²) in [5, 5.41) is 5.09. The maximum atomic E-state index is 13.8. The van der Waals surface area contributed by atoms with Crippen molar-refractivity contribution in [1.29, 1.82) is 0 Å². The van der Waals surface area contributed by atoms with Gasteiger partial charge < -0.3 is 19.1 Å². The number of aryl methyl sites for hydroxylation is 1. The van der Waals surface area contributed by atoms with Crippen molar-refractivity contribution < 1.29 is 19.0 Å². The summed E-state index contributed by atoms with van der Waals surface area (Å²) < 4.78 is 18.2. The number of hydrogen-bond acceptors (Lipinski definition) is 7. The lowest BCUT2D eigenvalue weighted by molar-refractivity contribution is -0.137. The molecule has 4 aromatic rings. The molecule has 0 aliphatic carbocycles. The Balaban J connectivity index is 1.55. The predicted octanol–water partition coefficient (Wildman–Crippen LogP) is 4.62. The maximum absolute atomic E-state index is 13.8. The molecule has 5 rings (SSSR count). The van der Waals surface area contributed by atoms with Crippen LogP contribution in [0.25, 0.3) is 22.3 Å². The summed E-state index contributed by atoms with van der Waals surface area (Å²) in [6, 6.07) is 18.5. The fraction of sp³-hybridized carbons (Fsp3) is 0.312. The van der Waals surface area contributed by atoms with Gasteiger partial charge in [0.15, 0.2) is 12.4 Å². The van der Waals surface area contributed by atoms with E-state index in [4.69, 9.17) is 19.2 Å². The Hall–Kier alpha value is -4.50. The largest absolute Gasteiger partial charge is 0.496 e. The summed E-state index contributed by atoms with van der Waals surface area (Å²) in [6.07, 6.45) is 1.57. The monoisotopic (exact) mass is 554 g/mol. The highest BCUT2D eigenvalue weighted by Crippen LogP contribution is 2.34. The third-order valence-electron chi connectivity index (χ3n) is 7.14. The first-order valence-corrected chi connectivity index (χ1v) is 13.7. The molecule has 2 heterocycles. The Labute approximate surface area is 239 Å². The van der Waals surface area contributed by atoms with E-state index in [1.54, 1.807) is 30.4 Å². The van der Waals surface area contributed by atoms with Crippen molar-refractivity contribution in [2.45, 2.75) is 26.7 Å². The Morgan fingerprint density at radius 1 is 1.07 bits per heavy atom. The number of hydrogen-bond donors (Lipinski definition) is 0. The van der Waals surface area contributed by atoms with Crippen molar-refractivity contribution in [3.05, 3.63) is 87.7 Å². The third-order valence-corrected chi connectivity index (χ3v) is 7.14. The van der Waals surface area contributed by atoms with Crippen LogP contribution in [-0.2, 0) is 9.53 Å². The lowest BCUT2D eigenvalue weighted by Crippen LogP contribution is -2.43. The average Bonchev–Trinajstić information content (AvgIpc) is 3.00. The molecule has 0 saturated carbocycles. The number of morpholine rings is 1. The van der Waals surface area contributed by atoms with Gasteiger partial charge in [-0.2, -0.15) is 9.78 Å². The van der Waals surface area contributed by atoms with Crippen LogP contribution in [0.1, 0.15) is 36.5 Å². The summed E-state index contributed by atoms with van der Waals surface area (Å²) in [5.74, 6) is 1.79. The van der Waals surface area contributed by atoms with E-state index < -0.39 is 0 Å². The maximum Gasteiger partial charge on any atom is 0.282 e. The van der Waals surface area contributed by atoms with Crippen LogP contribution in [0.5, 0.6) is 11.5 Å². The highest BCUT2D eigenvalue weighted by Gasteiger charge is 2.19. The topological polar surface area (TPSA) is 95.2 Å². The van der Waals surface area contributed by atoms with Crippen LogP contribution in [0.2, 0.25) is 0 Å². The molecule has 1 aromatic heterocycles. The molecule has 1 amide bonds. The molecule has 0 atom stereocenters. The van der Waals surface area contributed by atoms with Crippen LogP contribution in [0.4, 0.5) is 0 Å². The number of fused-ring (bicyclic) bond motifs is 1. The molecular formula is C32H34N4O5. The molecule has 41 heavy (non-hydrogen) atoms. The van der Waals surface area contributed by atoms with E-state index in [1.807, 2.05) is 55.5 Å². The van der Waals surface area contributed by atoms with Crippen molar-refractivity contribution in [3.63, 3.8) is 0 Å². The van der Waals surface area contributed by atoms with Gasteiger partial charge in [-0.05, 0) is 60.4 Å². The van der Waals surface area contributed by atoms with E-state index in [0.717, 1.165) is 22.4 Å². The van der Waals surface area contributed by atoms with Crippen LogP contribution in [-0.4, -0.2) is 66.7 Å². The van der Waals surface area contributed by atoms with Gasteiger partial charge in [0.2, 0.25) is 0 Å². The van der Waals surface area contributed by atoms with Crippen molar-refractivity contribution in [3.8, 4) is 22.9 Å².